The van der Waals surface area contributed by atoms with Crippen LogP contribution in [0.1, 0.15) is 36.9 Å². The van der Waals surface area contributed by atoms with E-state index in [0.717, 1.165) is 65.3 Å². The number of benzene rings is 1. The Morgan fingerprint density at radius 2 is 1.90 bits per heavy atom. The summed E-state index contributed by atoms with van der Waals surface area (Å²) in [6, 6.07) is 8.92. The highest BCUT2D eigenvalue weighted by Gasteiger charge is 2.23. The largest absolute Gasteiger partial charge is 0.379 e. The molecule has 2 saturated heterocycles. The molecule has 0 aliphatic carbocycles. The minimum atomic E-state index is 0. The van der Waals surface area contributed by atoms with Gasteiger partial charge in [-0.3, -0.25) is 9.69 Å². The summed E-state index contributed by atoms with van der Waals surface area (Å²) >= 11 is 0. The Bertz CT molecular complexity index is 688. The molecule has 1 atom stereocenters. The van der Waals surface area contributed by atoms with Gasteiger partial charge in [-0.05, 0) is 32.3 Å². The lowest BCUT2D eigenvalue weighted by Gasteiger charge is -2.35. The minimum absolute atomic E-state index is 0. The van der Waals surface area contributed by atoms with E-state index in [1.165, 1.54) is 11.1 Å². The van der Waals surface area contributed by atoms with E-state index in [2.05, 4.69) is 51.7 Å². The van der Waals surface area contributed by atoms with E-state index < -0.39 is 0 Å². The van der Waals surface area contributed by atoms with Crippen molar-refractivity contribution >= 4 is 35.8 Å². The van der Waals surface area contributed by atoms with Crippen LogP contribution in [0.25, 0.3) is 0 Å². The highest BCUT2D eigenvalue weighted by Crippen LogP contribution is 2.22. The Morgan fingerprint density at radius 1 is 1.17 bits per heavy atom. The van der Waals surface area contributed by atoms with Gasteiger partial charge in [0, 0.05) is 39.3 Å². The summed E-state index contributed by atoms with van der Waals surface area (Å²) in [5, 5.41) is 6.74. The van der Waals surface area contributed by atoms with Crippen molar-refractivity contribution in [2.75, 3.05) is 59.0 Å². The summed E-state index contributed by atoms with van der Waals surface area (Å²) in [4.78, 5) is 21.3. The first-order valence-corrected chi connectivity index (χ1v) is 10.9. The van der Waals surface area contributed by atoms with E-state index in [1.807, 2.05) is 11.8 Å². The molecule has 8 heteroatoms. The van der Waals surface area contributed by atoms with Crippen LogP contribution < -0.4 is 10.6 Å². The van der Waals surface area contributed by atoms with E-state index in [0.29, 0.717) is 5.96 Å². The topological polar surface area (TPSA) is 69.2 Å². The molecule has 1 aromatic carbocycles. The van der Waals surface area contributed by atoms with Crippen molar-refractivity contribution in [1.29, 1.82) is 0 Å². The standard InChI is InChI=1S/C22H35N5O2.HI/c1-3-23-22(25-17-21(28)27-9-4-5-10-27)24-16-20(26-11-13-29-14-12-26)19-8-6-7-18(2)15-19;/h6-8,15,20H,3-5,9-14,16-17H2,1-2H3,(H2,23,24,25);1H. The molecule has 2 heterocycles. The number of carbonyl (C=O) groups excluding carboxylic acids is 1. The fraction of sp³-hybridized carbons (Fsp3) is 0.636. The Kier molecular flexibility index (Phi) is 10.9. The first-order valence-electron chi connectivity index (χ1n) is 10.9. The van der Waals surface area contributed by atoms with E-state index in [-0.39, 0.29) is 42.5 Å². The van der Waals surface area contributed by atoms with E-state index in [1.54, 1.807) is 0 Å². The average Bonchev–Trinajstić information content (AvgIpc) is 3.28. The number of hydrogen-bond acceptors (Lipinski definition) is 4. The molecular weight excluding hydrogens is 493 g/mol. The molecule has 1 aromatic rings. The monoisotopic (exact) mass is 529 g/mol. The molecular formula is C22H36IN5O2. The van der Waals surface area contributed by atoms with Gasteiger partial charge in [-0.1, -0.05) is 29.8 Å². The minimum Gasteiger partial charge on any atom is -0.379 e. The van der Waals surface area contributed by atoms with Crippen LogP contribution >= 0.6 is 24.0 Å². The molecule has 7 nitrogen and oxygen atoms in total. The van der Waals surface area contributed by atoms with E-state index in [4.69, 9.17) is 4.74 Å². The molecule has 0 aromatic heterocycles. The first-order chi connectivity index (χ1) is 14.2. The van der Waals surface area contributed by atoms with Gasteiger partial charge in [0.1, 0.15) is 6.54 Å². The number of halogens is 1. The maximum absolute atomic E-state index is 12.3. The van der Waals surface area contributed by atoms with Gasteiger partial charge in [0.15, 0.2) is 5.96 Å². The van der Waals surface area contributed by atoms with Crippen LogP contribution in [0.3, 0.4) is 0 Å². The van der Waals surface area contributed by atoms with Crippen LogP contribution in [0, 0.1) is 6.92 Å². The maximum Gasteiger partial charge on any atom is 0.244 e. The number of guanidine groups is 1. The zero-order valence-electron chi connectivity index (χ0n) is 18.2. The molecule has 2 aliphatic heterocycles. The van der Waals surface area contributed by atoms with Crippen molar-refractivity contribution < 1.29 is 9.53 Å². The summed E-state index contributed by atoms with van der Waals surface area (Å²) in [5.74, 6) is 0.814. The molecule has 0 radical (unpaired) electrons. The smallest absolute Gasteiger partial charge is 0.244 e. The van der Waals surface area contributed by atoms with Crippen LogP contribution in [0.5, 0.6) is 0 Å². The number of likely N-dealkylation sites (tertiary alicyclic amines) is 1. The van der Waals surface area contributed by atoms with E-state index in [9.17, 15) is 4.79 Å². The molecule has 0 spiro atoms. The summed E-state index contributed by atoms with van der Waals surface area (Å²) < 4.78 is 5.55. The maximum atomic E-state index is 12.3. The fourth-order valence-electron chi connectivity index (χ4n) is 3.97. The van der Waals surface area contributed by atoms with Crippen LogP contribution in [0.15, 0.2) is 29.3 Å². The third-order valence-electron chi connectivity index (χ3n) is 5.55. The summed E-state index contributed by atoms with van der Waals surface area (Å²) in [6.45, 7) is 11.0. The highest BCUT2D eigenvalue weighted by molar-refractivity contribution is 14.0. The van der Waals surface area contributed by atoms with Gasteiger partial charge in [0.25, 0.3) is 0 Å². The summed E-state index contributed by atoms with van der Waals surface area (Å²) in [6.07, 6.45) is 2.21. The number of ether oxygens (including phenoxy) is 1. The normalized spacial score (nSPS) is 18.6. The number of carbonyl (C=O) groups is 1. The SMILES string of the molecule is CCNC(=NCC(=O)N1CCCC1)NCC(c1cccc(C)c1)N1CCOCC1.I. The Balaban J connectivity index is 0.00000320. The zero-order chi connectivity index (χ0) is 20.5. The Hall–Kier alpha value is -1.39. The molecule has 0 saturated carbocycles. The third kappa shape index (κ3) is 7.39. The van der Waals surface area contributed by atoms with Gasteiger partial charge in [-0.25, -0.2) is 4.99 Å². The van der Waals surface area contributed by atoms with Crippen molar-refractivity contribution in [3.05, 3.63) is 35.4 Å². The van der Waals surface area contributed by atoms with Crippen molar-refractivity contribution in [1.82, 2.24) is 20.4 Å². The van der Waals surface area contributed by atoms with Crippen molar-refractivity contribution in [2.24, 2.45) is 4.99 Å². The molecule has 1 unspecified atom stereocenters. The molecule has 168 valence electrons. The van der Waals surface area contributed by atoms with Gasteiger partial charge in [-0.2, -0.15) is 0 Å². The van der Waals surface area contributed by atoms with Gasteiger partial charge in [0.05, 0.1) is 19.3 Å². The lowest BCUT2D eigenvalue weighted by Crippen LogP contribution is -2.46. The summed E-state index contributed by atoms with van der Waals surface area (Å²) in [5.41, 5.74) is 2.56. The second kappa shape index (κ2) is 13.1. The lowest BCUT2D eigenvalue weighted by atomic mass is 10.0. The number of nitrogens with zero attached hydrogens (tertiary/aromatic N) is 3. The van der Waals surface area contributed by atoms with Gasteiger partial charge < -0.3 is 20.3 Å². The quantitative estimate of drug-likeness (QED) is 0.322. The van der Waals surface area contributed by atoms with Crippen LogP contribution in [0.4, 0.5) is 0 Å². The van der Waals surface area contributed by atoms with Crippen molar-refractivity contribution in [3.8, 4) is 0 Å². The van der Waals surface area contributed by atoms with Gasteiger partial charge >= 0.3 is 0 Å². The fourth-order valence-corrected chi connectivity index (χ4v) is 3.97. The molecule has 2 fully saturated rings. The number of amides is 1. The zero-order valence-corrected chi connectivity index (χ0v) is 20.6. The summed E-state index contributed by atoms with van der Waals surface area (Å²) in [7, 11) is 0. The molecule has 3 rings (SSSR count). The Morgan fingerprint density at radius 3 is 2.57 bits per heavy atom. The van der Waals surface area contributed by atoms with Crippen LogP contribution in [-0.4, -0.2) is 80.7 Å². The van der Waals surface area contributed by atoms with Crippen molar-refractivity contribution in [2.45, 2.75) is 32.7 Å². The van der Waals surface area contributed by atoms with Gasteiger partial charge in [0.2, 0.25) is 5.91 Å². The number of aryl methyl sites for hydroxylation is 1. The van der Waals surface area contributed by atoms with Crippen LogP contribution in [0.2, 0.25) is 0 Å². The van der Waals surface area contributed by atoms with E-state index >= 15 is 0 Å². The highest BCUT2D eigenvalue weighted by atomic mass is 127. The number of hydrogen-bond donors (Lipinski definition) is 2. The second-order valence-electron chi connectivity index (χ2n) is 7.74. The Labute approximate surface area is 197 Å². The average molecular weight is 529 g/mol. The number of rotatable bonds is 7. The third-order valence-corrected chi connectivity index (χ3v) is 5.55. The molecule has 30 heavy (non-hydrogen) atoms. The second-order valence-corrected chi connectivity index (χ2v) is 7.74. The lowest BCUT2D eigenvalue weighted by molar-refractivity contribution is -0.128. The van der Waals surface area contributed by atoms with Crippen molar-refractivity contribution in [3.63, 3.8) is 0 Å². The van der Waals surface area contributed by atoms with Gasteiger partial charge in [-0.15, -0.1) is 24.0 Å². The molecule has 1 amide bonds. The molecule has 2 aliphatic rings. The predicted molar refractivity (Wildman–Crippen MR) is 132 cm³/mol. The predicted octanol–water partition coefficient (Wildman–Crippen LogP) is 2.16. The molecule has 2 N–H and O–H groups in total. The number of nitrogens with one attached hydrogen (secondary N) is 2. The molecule has 0 bridgehead atoms. The number of aliphatic imine (C=N–C) groups is 1. The number of morpholine rings is 1. The van der Waals surface area contributed by atoms with Crippen LogP contribution in [-0.2, 0) is 9.53 Å². The first kappa shape index (κ1) is 24.9.